The average molecular weight is 459 g/mol. The highest BCUT2D eigenvalue weighted by atomic mass is 16.5. The van der Waals surface area contributed by atoms with Crippen molar-refractivity contribution in [3.05, 3.63) is 101 Å². The minimum absolute atomic E-state index is 0.259. The predicted molar refractivity (Wildman–Crippen MR) is 140 cm³/mol. The molecule has 34 heavy (non-hydrogen) atoms. The maximum Gasteiger partial charge on any atom is 0.119 e. The first kappa shape index (κ1) is 24.5. The van der Waals surface area contributed by atoms with E-state index in [2.05, 4.69) is 103 Å². The zero-order chi connectivity index (χ0) is 23.9. The lowest BCUT2D eigenvalue weighted by atomic mass is 9.96. The summed E-state index contributed by atoms with van der Waals surface area (Å²) >= 11 is 0. The van der Waals surface area contributed by atoms with Crippen molar-refractivity contribution in [2.45, 2.75) is 38.8 Å². The minimum Gasteiger partial charge on any atom is -0.491 e. The summed E-state index contributed by atoms with van der Waals surface area (Å²) < 4.78 is 5.91. The fourth-order valence-electron chi connectivity index (χ4n) is 5.02. The number of ether oxygens (including phenoxy) is 1. The van der Waals surface area contributed by atoms with Gasteiger partial charge in [0.25, 0.3) is 0 Å². The molecule has 0 radical (unpaired) electrons. The van der Waals surface area contributed by atoms with Crippen LogP contribution in [0, 0.1) is 6.92 Å². The normalized spacial score (nSPS) is 16.2. The van der Waals surface area contributed by atoms with Gasteiger partial charge in [-0.3, -0.25) is 9.80 Å². The fourth-order valence-corrected chi connectivity index (χ4v) is 5.02. The van der Waals surface area contributed by atoms with E-state index < -0.39 is 6.10 Å². The molecule has 3 aromatic carbocycles. The topological polar surface area (TPSA) is 35.9 Å². The number of nitrogens with zero attached hydrogens (tertiary/aromatic N) is 2. The summed E-state index contributed by atoms with van der Waals surface area (Å²) in [5.41, 5.74) is 5.24. The molecule has 1 atom stereocenters. The Balaban J connectivity index is 1.30. The number of piperazine rings is 1. The number of hydrogen-bond acceptors (Lipinski definition) is 4. The molecule has 1 aliphatic heterocycles. The van der Waals surface area contributed by atoms with Crippen molar-refractivity contribution in [2.75, 3.05) is 39.3 Å². The molecule has 1 fully saturated rings. The summed E-state index contributed by atoms with van der Waals surface area (Å²) in [6, 6.07) is 28.0. The number of aliphatic hydroxyl groups is 1. The summed E-state index contributed by atoms with van der Waals surface area (Å²) in [6.45, 7) is 11.3. The third-order valence-electron chi connectivity index (χ3n) is 6.78. The number of aryl methyl sites for hydroxylation is 1. The van der Waals surface area contributed by atoms with Crippen LogP contribution >= 0.6 is 0 Å². The molecule has 0 amide bonds. The molecule has 0 unspecified atom stereocenters. The van der Waals surface area contributed by atoms with Crippen LogP contribution in [0.3, 0.4) is 0 Å². The van der Waals surface area contributed by atoms with Gasteiger partial charge in [0.05, 0.1) is 6.04 Å². The molecule has 3 aromatic rings. The van der Waals surface area contributed by atoms with Crippen LogP contribution in [0.5, 0.6) is 5.75 Å². The van der Waals surface area contributed by atoms with Crippen LogP contribution in [0.2, 0.25) is 0 Å². The van der Waals surface area contributed by atoms with Crippen molar-refractivity contribution in [3.8, 4) is 5.75 Å². The van der Waals surface area contributed by atoms with E-state index in [1.807, 2.05) is 6.07 Å². The van der Waals surface area contributed by atoms with Crippen LogP contribution in [0.4, 0.5) is 0 Å². The van der Waals surface area contributed by atoms with Gasteiger partial charge in [-0.1, -0.05) is 80.6 Å². The SMILES string of the molecule is Cc1cc(OC[C@@H](O)CN2CCN(C(c3ccccc3)c3ccccc3)CC2)ccc1C(C)C. The van der Waals surface area contributed by atoms with Gasteiger partial charge in [-0.25, -0.2) is 0 Å². The summed E-state index contributed by atoms with van der Waals surface area (Å²) in [6.07, 6.45) is -0.504. The number of hydrogen-bond donors (Lipinski definition) is 1. The van der Waals surface area contributed by atoms with Crippen LogP contribution in [0.1, 0.15) is 48.1 Å². The zero-order valence-electron chi connectivity index (χ0n) is 20.7. The summed E-state index contributed by atoms with van der Waals surface area (Å²) in [4.78, 5) is 4.91. The monoisotopic (exact) mass is 458 g/mol. The van der Waals surface area contributed by atoms with E-state index >= 15 is 0 Å². The highest BCUT2D eigenvalue weighted by Gasteiger charge is 2.27. The zero-order valence-corrected chi connectivity index (χ0v) is 20.7. The van der Waals surface area contributed by atoms with Crippen molar-refractivity contribution in [1.82, 2.24) is 9.80 Å². The minimum atomic E-state index is -0.504. The van der Waals surface area contributed by atoms with Gasteiger partial charge in [-0.15, -0.1) is 0 Å². The second-order valence-electron chi connectivity index (χ2n) is 9.70. The highest BCUT2D eigenvalue weighted by molar-refractivity contribution is 5.36. The number of β-amino-alcohol motifs (C(OH)–C–C–N with tert-alkyl or cyclic N) is 1. The lowest BCUT2D eigenvalue weighted by molar-refractivity contribution is 0.0400. The summed E-state index contributed by atoms with van der Waals surface area (Å²) in [5.74, 6) is 1.33. The van der Waals surface area contributed by atoms with E-state index in [9.17, 15) is 5.11 Å². The molecule has 1 saturated heterocycles. The molecule has 0 saturated carbocycles. The van der Waals surface area contributed by atoms with Crippen molar-refractivity contribution in [3.63, 3.8) is 0 Å². The van der Waals surface area contributed by atoms with Crippen LogP contribution < -0.4 is 4.74 Å². The molecule has 4 rings (SSSR count). The Kier molecular flexibility index (Phi) is 8.39. The maximum atomic E-state index is 10.6. The molecule has 1 aliphatic rings. The average Bonchev–Trinajstić information content (AvgIpc) is 2.85. The molecule has 4 nitrogen and oxygen atoms in total. The van der Waals surface area contributed by atoms with E-state index in [-0.39, 0.29) is 6.04 Å². The Bertz CT molecular complexity index is 975. The first-order valence-electron chi connectivity index (χ1n) is 12.5. The lowest BCUT2D eigenvalue weighted by Crippen LogP contribution is -2.50. The lowest BCUT2D eigenvalue weighted by Gasteiger charge is -2.40. The van der Waals surface area contributed by atoms with Crippen molar-refractivity contribution < 1.29 is 9.84 Å². The van der Waals surface area contributed by atoms with E-state index in [0.717, 1.165) is 31.9 Å². The fraction of sp³-hybridized carbons (Fsp3) is 0.400. The van der Waals surface area contributed by atoms with Gasteiger partial charge >= 0.3 is 0 Å². The van der Waals surface area contributed by atoms with Crippen molar-refractivity contribution >= 4 is 0 Å². The van der Waals surface area contributed by atoms with Crippen molar-refractivity contribution in [2.24, 2.45) is 0 Å². The predicted octanol–water partition coefficient (Wildman–Crippen LogP) is 5.27. The second-order valence-corrected chi connectivity index (χ2v) is 9.70. The van der Waals surface area contributed by atoms with E-state index in [0.29, 0.717) is 19.1 Å². The molecular weight excluding hydrogens is 420 g/mol. The van der Waals surface area contributed by atoms with E-state index in [4.69, 9.17) is 4.74 Å². The van der Waals surface area contributed by atoms with Gasteiger partial charge in [0.15, 0.2) is 0 Å². The molecule has 180 valence electrons. The molecule has 4 heteroatoms. The first-order valence-corrected chi connectivity index (χ1v) is 12.5. The van der Waals surface area contributed by atoms with Gasteiger partial charge in [0.2, 0.25) is 0 Å². The third kappa shape index (κ3) is 6.26. The Hall–Kier alpha value is -2.66. The Morgan fingerprint density at radius 2 is 1.41 bits per heavy atom. The standard InChI is InChI=1S/C30H38N2O2/c1-23(2)29-15-14-28(20-24(29)3)34-22-27(33)21-31-16-18-32(19-17-31)30(25-10-6-4-7-11-25)26-12-8-5-9-13-26/h4-15,20,23,27,30,33H,16-19,21-22H2,1-3H3/t27-/m0/s1. The van der Waals surface area contributed by atoms with E-state index in [1.54, 1.807) is 0 Å². The summed E-state index contributed by atoms with van der Waals surface area (Å²) in [7, 11) is 0. The van der Waals surface area contributed by atoms with Crippen LogP contribution in [-0.4, -0.2) is 60.3 Å². The maximum absolute atomic E-state index is 10.6. The Morgan fingerprint density at radius 1 is 0.824 bits per heavy atom. The molecule has 1 heterocycles. The second kappa shape index (κ2) is 11.7. The van der Waals surface area contributed by atoms with Crippen LogP contribution in [0.15, 0.2) is 78.9 Å². The van der Waals surface area contributed by atoms with Crippen LogP contribution in [-0.2, 0) is 0 Å². The Morgan fingerprint density at radius 3 is 1.94 bits per heavy atom. The highest BCUT2D eigenvalue weighted by Crippen LogP contribution is 2.29. The molecule has 0 aromatic heterocycles. The van der Waals surface area contributed by atoms with Gasteiger partial charge < -0.3 is 9.84 Å². The van der Waals surface area contributed by atoms with Crippen LogP contribution in [0.25, 0.3) is 0 Å². The van der Waals surface area contributed by atoms with Gasteiger partial charge in [0, 0.05) is 32.7 Å². The van der Waals surface area contributed by atoms with Gasteiger partial charge in [-0.05, 0) is 47.2 Å². The quantitative estimate of drug-likeness (QED) is 0.474. The molecule has 0 aliphatic carbocycles. The number of benzene rings is 3. The first-order chi connectivity index (χ1) is 16.5. The van der Waals surface area contributed by atoms with Crippen molar-refractivity contribution in [1.29, 1.82) is 0 Å². The largest absolute Gasteiger partial charge is 0.491 e. The third-order valence-corrected chi connectivity index (χ3v) is 6.78. The number of aliphatic hydroxyl groups excluding tert-OH is 1. The molecule has 0 spiro atoms. The molecule has 1 N–H and O–H groups in total. The smallest absolute Gasteiger partial charge is 0.119 e. The molecule has 0 bridgehead atoms. The van der Waals surface area contributed by atoms with Gasteiger partial charge in [-0.2, -0.15) is 0 Å². The summed E-state index contributed by atoms with van der Waals surface area (Å²) in [5, 5.41) is 10.6. The van der Waals surface area contributed by atoms with E-state index in [1.165, 1.54) is 22.3 Å². The Labute approximate surface area is 204 Å². The number of rotatable bonds is 9. The van der Waals surface area contributed by atoms with Gasteiger partial charge in [0.1, 0.15) is 18.5 Å². The molecular formula is C30H38N2O2.